The number of nitrogens with one attached hydrogen (secondary N) is 1. The molecular weight excluding hydrogens is 348 g/mol. The molecule has 0 radical (unpaired) electrons. The van der Waals surface area contributed by atoms with E-state index in [4.69, 9.17) is 0 Å². The summed E-state index contributed by atoms with van der Waals surface area (Å²) in [5.41, 5.74) is 2.06. The highest BCUT2D eigenvalue weighted by atomic mass is 32.2. The Labute approximate surface area is 146 Å². The van der Waals surface area contributed by atoms with E-state index < -0.39 is 0 Å². The lowest BCUT2D eigenvalue weighted by Gasteiger charge is -2.10. The summed E-state index contributed by atoms with van der Waals surface area (Å²) in [6.45, 7) is 3.73. The number of hydrogen-bond donors (Lipinski definition) is 1. The molecule has 0 atom stereocenters. The number of hydrogen-bond acceptors (Lipinski definition) is 7. The Kier molecular flexibility index (Phi) is 4.74. The minimum Gasteiger partial charge on any atom is -0.298 e. The molecule has 8 heteroatoms. The number of carbonyl (C=O) groups excluding carboxylic acids is 1. The number of aromatic nitrogens is 3. The summed E-state index contributed by atoms with van der Waals surface area (Å²) in [6.07, 6.45) is 1.91. The van der Waals surface area contributed by atoms with Crippen LogP contribution in [-0.4, -0.2) is 27.1 Å². The number of carbonyl (C=O) groups is 1. The van der Waals surface area contributed by atoms with E-state index in [1.54, 1.807) is 11.3 Å². The first-order chi connectivity index (χ1) is 11.1. The smallest absolute Gasteiger partial charge is 0.262 e. The summed E-state index contributed by atoms with van der Waals surface area (Å²) in [7, 11) is 0. The van der Waals surface area contributed by atoms with E-state index in [1.165, 1.54) is 23.1 Å². The zero-order chi connectivity index (χ0) is 16.4. The number of thiazole rings is 1. The van der Waals surface area contributed by atoms with E-state index in [1.807, 2.05) is 43.0 Å². The van der Waals surface area contributed by atoms with Crippen LogP contribution in [0.5, 0.6) is 0 Å². The molecule has 0 saturated heterocycles. The Balaban J connectivity index is 1.96. The van der Waals surface area contributed by atoms with Gasteiger partial charge in [0.2, 0.25) is 0 Å². The summed E-state index contributed by atoms with van der Waals surface area (Å²) in [6, 6.07) is 3.94. The van der Waals surface area contributed by atoms with Crippen LogP contribution in [0.2, 0.25) is 0 Å². The Hall–Kier alpha value is -1.77. The van der Waals surface area contributed by atoms with E-state index in [0.717, 1.165) is 10.6 Å². The molecule has 118 valence electrons. The summed E-state index contributed by atoms with van der Waals surface area (Å²) in [5, 5.41) is 7.97. The molecule has 3 rings (SSSR count). The van der Waals surface area contributed by atoms with Crippen molar-refractivity contribution in [3.8, 4) is 10.7 Å². The number of amides is 1. The van der Waals surface area contributed by atoms with Gasteiger partial charge in [-0.1, -0.05) is 6.07 Å². The predicted octanol–water partition coefficient (Wildman–Crippen LogP) is 4.25. The molecule has 0 spiro atoms. The predicted molar refractivity (Wildman–Crippen MR) is 96.7 cm³/mol. The van der Waals surface area contributed by atoms with Crippen molar-refractivity contribution in [1.29, 1.82) is 0 Å². The first-order valence-electron chi connectivity index (χ1n) is 6.78. The highest BCUT2D eigenvalue weighted by molar-refractivity contribution is 7.98. The van der Waals surface area contributed by atoms with Crippen LogP contribution >= 0.6 is 34.4 Å². The van der Waals surface area contributed by atoms with Gasteiger partial charge in [0.1, 0.15) is 5.03 Å². The molecule has 0 bridgehead atoms. The lowest BCUT2D eigenvalue weighted by atomic mass is 10.2. The maximum Gasteiger partial charge on any atom is 0.262 e. The van der Waals surface area contributed by atoms with Crippen molar-refractivity contribution < 1.29 is 4.79 Å². The summed E-state index contributed by atoms with van der Waals surface area (Å²) >= 11 is 4.43. The first kappa shape index (κ1) is 16.1. The second-order valence-corrected chi connectivity index (χ2v) is 7.34. The average Bonchev–Trinajstić information content (AvgIpc) is 3.18. The van der Waals surface area contributed by atoms with E-state index in [-0.39, 0.29) is 5.91 Å². The third-order valence-electron chi connectivity index (χ3n) is 3.06. The minimum absolute atomic E-state index is 0.223. The average molecular weight is 363 g/mol. The lowest BCUT2D eigenvalue weighted by molar-refractivity contribution is 0.102. The molecule has 3 aromatic heterocycles. The number of nitrogens with zero attached hydrogens (tertiary/aromatic N) is 3. The SMILES string of the molecule is CSc1nc(-c2cccs2)nc(C)c1C(=O)Nc1nc(C)cs1. The summed E-state index contributed by atoms with van der Waals surface area (Å²) < 4.78 is 0. The Morgan fingerprint density at radius 2 is 2.04 bits per heavy atom. The van der Waals surface area contributed by atoms with E-state index >= 15 is 0 Å². The number of aryl methyl sites for hydroxylation is 2. The molecule has 3 heterocycles. The van der Waals surface area contributed by atoms with Crippen LogP contribution < -0.4 is 5.32 Å². The van der Waals surface area contributed by atoms with Gasteiger partial charge in [-0.15, -0.1) is 34.4 Å². The maximum atomic E-state index is 12.6. The second-order valence-electron chi connectivity index (χ2n) is 4.74. The van der Waals surface area contributed by atoms with Gasteiger partial charge < -0.3 is 0 Å². The molecule has 0 aliphatic carbocycles. The molecule has 1 amide bonds. The zero-order valence-corrected chi connectivity index (χ0v) is 15.2. The van der Waals surface area contributed by atoms with Crippen molar-refractivity contribution >= 4 is 45.5 Å². The van der Waals surface area contributed by atoms with Gasteiger partial charge in [0.25, 0.3) is 5.91 Å². The molecule has 5 nitrogen and oxygen atoms in total. The zero-order valence-electron chi connectivity index (χ0n) is 12.8. The van der Waals surface area contributed by atoms with Crippen LogP contribution in [0.15, 0.2) is 27.9 Å². The second kappa shape index (κ2) is 6.77. The quantitative estimate of drug-likeness (QED) is 0.555. The summed E-state index contributed by atoms with van der Waals surface area (Å²) in [5.74, 6) is 0.433. The number of rotatable bonds is 4. The van der Waals surface area contributed by atoms with E-state index in [0.29, 0.717) is 27.2 Å². The van der Waals surface area contributed by atoms with Crippen LogP contribution in [0.4, 0.5) is 5.13 Å². The minimum atomic E-state index is -0.223. The van der Waals surface area contributed by atoms with Crippen LogP contribution in [-0.2, 0) is 0 Å². The number of thiophene rings is 1. The van der Waals surface area contributed by atoms with Gasteiger partial charge in [0, 0.05) is 5.38 Å². The highest BCUT2D eigenvalue weighted by Gasteiger charge is 2.20. The molecule has 0 aliphatic heterocycles. The molecule has 0 aliphatic rings. The monoisotopic (exact) mass is 362 g/mol. The topological polar surface area (TPSA) is 67.8 Å². The van der Waals surface area contributed by atoms with Crippen molar-refractivity contribution in [2.75, 3.05) is 11.6 Å². The molecule has 0 saturated carbocycles. The van der Waals surface area contributed by atoms with Crippen molar-refractivity contribution in [3.05, 3.63) is 39.8 Å². The maximum absolute atomic E-state index is 12.6. The van der Waals surface area contributed by atoms with Crippen LogP contribution in [0.25, 0.3) is 10.7 Å². The van der Waals surface area contributed by atoms with Crippen molar-refractivity contribution in [1.82, 2.24) is 15.0 Å². The Bertz CT molecular complexity index is 843. The molecular formula is C15H14N4OS3. The molecule has 0 fully saturated rings. The number of thioether (sulfide) groups is 1. The normalized spacial score (nSPS) is 10.7. The van der Waals surface area contributed by atoms with Gasteiger partial charge in [-0.05, 0) is 31.5 Å². The molecule has 1 N–H and O–H groups in total. The fourth-order valence-electron chi connectivity index (χ4n) is 2.04. The molecule has 23 heavy (non-hydrogen) atoms. The van der Waals surface area contributed by atoms with Gasteiger partial charge in [-0.25, -0.2) is 15.0 Å². The highest BCUT2D eigenvalue weighted by Crippen LogP contribution is 2.28. The van der Waals surface area contributed by atoms with Crippen LogP contribution in [0.1, 0.15) is 21.7 Å². The standard InChI is InChI=1S/C15H14N4OS3/c1-8-7-23-15(16-8)19-13(20)11-9(2)17-12(18-14(11)21-3)10-5-4-6-22-10/h4-7H,1-3H3,(H,16,19,20). The third-order valence-corrected chi connectivity index (χ3v) is 5.48. The first-order valence-corrected chi connectivity index (χ1v) is 9.77. The lowest BCUT2D eigenvalue weighted by Crippen LogP contribution is -2.16. The molecule has 3 aromatic rings. The van der Waals surface area contributed by atoms with Gasteiger partial charge in [0.05, 0.1) is 21.8 Å². The van der Waals surface area contributed by atoms with Gasteiger partial charge in [0.15, 0.2) is 11.0 Å². The molecule has 0 unspecified atom stereocenters. The number of anilines is 1. The Morgan fingerprint density at radius 3 is 2.65 bits per heavy atom. The third kappa shape index (κ3) is 3.44. The van der Waals surface area contributed by atoms with Gasteiger partial charge >= 0.3 is 0 Å². The van der Waals surface area contributed by atoms with Crippen molar-refractivity contribution in [2.24, 2.45) is 0 Å². The fraction of sp³-hybridized carbons (Fsp3) is 0.200. The van der Waals surface area contributed by atoms with E-state index in [9.17, 15) is 4.79 Å². The largest absolute Gasteiger partial charge is 0.298 e. The van der Waals surface area contributed by atoms with Crippen molar-refractivity contribution in [3.63, 3.8) is 0 Å². The Morgan fingerprint density at radius 1 is 1.22 bits per heavy atom. The van der Waals surface area contributed by atoms with Gasteiger partial charge in [-0.2, -0.15) is 0 Å². The van der Waals surface area contributed by atoms with Crippen molar-refractivity contribution in [2.45, 2.75) is 18.9 Å². The van der Waals surface area contributed by atoms with Gasteiger partial charge in [-0.3, -0.25) is 10.1 Å². The molecule has 0 aromatic carbocycles. The fourth-order valence-corrected chi connectivity index (χ4v) is 4.01. The summed E-state index contributed by atoms with van der Waals surface area (Å²) in [4.78, 5) is 26.9. The van der Waals surface area contributed by atoms with Crippen LogP contribution in [0, 0.1) is 13.8 Å². The van der Waals surface area contributed by atoms with Crippen LogP contribution in [0.3, 0.4) is 0 Å². The van der Waals surface area contributed by atoms with E-state index in [2.05, 4.69) is 20.3 Å².